The number of ether oxygens (including phenoxy) is 3. The van der Waals surface area contributed by atoms with E-state index in [1.807, 2.05) is 12.1 Å². The first kappa shape index (κ1) is 19.8. The number of rotatable bonds is 11. The van der Waals surface area contributed by atoms with Crippen LogP contribution in [0.4, 0.5) is 5.69 Å². The SMILES string of the molecule is CC1(COCCCCCCOc2ccc(N3C(=O)CCC3=O)cc2)COC1. The van der Waals surface area contributed by atoms with Gasteiger partial charge in [0.1, 0.15) is 5.75 Å². The fourth-order valence-electron chi connectivity index (χ4n) is 3.26. The van der Waals surface area contributed by atoms with E-state index in [0.717, 1.165) is 57.9 Å². The van der Waals surface area contributed by atoms with E-state index in [2.05, 4.69) is 6.92 Å². The van der Waals surface area contributed by atoms with Crippen LogP contribution in [0, 0.1) is 5.41 Å². The second-order valence-corrected chi connectivity index (χ2v) is 7.74. The van der Waals surface area contributed by atoms with Crippen molar-refractivity contribution in [3.8, 4) is 5.75 Å². The van der Waals surface area contributed by atoms with E-state index in [1.54, 1.807) is 12.1 Å². The van der Waals surface area contributed by atoms with E-state index in [4.69, 9.17) is 14.2 Å². The predicted molar refractivity (Wildman–Crippen MR) is 102 cm³/mol. The molecule has 2 heterocycles. The van der Waals surface area contributed by atoms with Crippen molar-refractivity contribution in [1.82, 2.24) is 0 Å². The van der Waals surface area contributed by atoms with Gasteiger partial charge in [-0.25, -0.2) is 0 Å². The molecule has 3 rings (SSSR count). The number of nitrogens with zero attached hydrogens (tertiary/aromatic N) is 1. The summed E-state index contributed by atoms with van der Waals surface area (Å²) in [6, 6.07) is 7.16. The van der Waals surface area contributed by atoms with Crippen molar-refractivity contribution in [2.75, 3.05) is 37.9 Å². The van der Waals surface area contributed by atoms with Crippen LogP contribution < -0.4 is 9.64 Å². The van der Waals surface area contributed by atoms with Gasteiger partial charge < -0.3 is 14.2 Å². The summed E-state index contributed by atoms with van der Waals surface area (Å²) < 4.78 is 16.7. The molecule has 2 aliphatic rings. The lowest BCUT2D eigenvalue weighted by molar-refractivity contribution is -0.137. The molecule has 1 aromatic rings. The van der Waals surface area contributed by atoms with E-state index in [-0.39, 0.29) is 17.2 Å². The highest BCUT2D eigenvalue weighted by molar-refractivity contribution is 6.19. The molecule has 2 fully saturated rings. The first-order chi connectivity index (χ1) is 13.1. The molecule has 0 radical (unpaired) electrons. The second kappa shape index (κ2) is 9.33. The summed E-state index contributed by atoms with van der Waals surface area (Å²) in [5.41, 5.74) is 0.857. The number of hydrogen-bond acceptors (Lipinski definition) is 5. The van der Waals surface area contributed by atoms with Crippen molar-refractivity contribution >= 4 is 17.5 Å². The van der Waals surface area contributed by atoms with Gasteiger partial charge in [0.2, 0.25) is 11.8 Å². The van der Waals surface area contributed by atoms with Crippen molar-refractivity contribution < 1.29 is 23.8 Å². The van der Waals surface area contributed by atoms with Crippen LogP contribution in [-0.2, 0) is 19.1 Å². The third-order valence-electron chi connectivity index (χ3n) is 4.95. The largest absolute Gasteiger partial charge is 0.494 e. The third-order valence-corrected chi connectivity index (χ3v) is 4.95. The van der Waals surface area contributed by atoms with Crippen LogP contribution in [0.5, 0.6) is 5.75 Å². The maximum absolute atomic E-state index is 11.7. The molecule has 0 bridgehead atoms. The molecule has 0 saturated carbocycles. The van der Waals surface area contributed by atoms with Crippen molar-refractivity contribution in [1.29, 1.82) is 0 Å². The van der Waals surface area contributed by atoms with Gasteiger partial charge in [0.05, 0.1) is 32.1 Å². The quantitative estimate of drug-likeness (QED) is 0.438. The Hall–Kier alpha value is -1.92. The summed E-state index contributed by atoms with van der Waals surface area (Å²) in [6.07, 6.45) is 4.92. The molecular formula is C21H29NO5. The molecule has 2 saturated heterocycles. The van der Waals surface area contributed by atoms with Crippen molar-refractivity contribution in [2.45, 2.75) is 45.4 Å². The van der Waals surface area contributed by atoms with Gasteiger partial charge in [-0.3, -0.25) is 14.5 Å². The molecule has 0 unspecified atom stereocenters. The molecule has 6 nitrogen and oxygen atoms in total. The molecular weight excluding hydrogens is 346 g/mol. The highest BCUT2D eigenvalue weighted by Gasteiger charge is 2.33. The van der Waals surface area contributed by atoms with E-state index in [1.165, 1.54) is 4.90 Å². The van der Waals surface area contributed by atoms with Gasteiger partial charge in [-0.2, -0.15) is 0 Å². The average Bonchev–Trinajstić information content (AvgIpc) is 2.98. The number of carbonyl (C=O) groups is 2. The van der Waals surface area contributed by atoms with Gasteiger partial charge in [0, 0.05) is 24.9 Å². The number of benzene rings is 1. The third kappa shape index (κ3) is 5.53. The first-order valence-corrected chi connectivity index (χ1v) is 9.82. The van der Waals surface area contributed by atoms with Crippen LogP contribution in [0.1, 0.15) is 45.4 Å². The second-order valence-electron chi connectivity index (χ2n) is 7.74. The van der Waals surface area contributed by atoms with Gasteiger partial charge in [0.25, 0.3) is 0 Å². The molecule has 2 amide bonds. The smallest absolute Gasteiger partial charge is 0.234 e. The normalized spacial score (nSPS) is 18.6. The topological polar surface area (TPSA) is 65.1 Å². The maximum atomic E-state index is 11.7. The molecule has 2 aliphatic heterocycles. The number of anilines is 1. The van der Waals surface area contributed by atoms with E-state index < -0.39 is 0 Å². The van der Waals surface area contributed by atoms with Crippen LogP contribution in [0.15, 0.2) is 24.3 Å². The minimum atomic E-state index is -0.132. The summed E-state index contributed by atoms with van der Waals surface area (Å²) in [5.74, 6) is 0.498. The Kier molecular flexibility index (Phi) is 6.85. The van der Waals surface area contributed by atoms with Crippen LogP contribution in [0.2, 0.25) is 0 Å². The molecule has 27 heavy (non-hydrogen) atoms. The highest BCUT2D eigenvalue weighted by Crippen LogP contribution is 2.27. The molecule has 1 aromatic carbocycles. The van der Waals surface area contributed by atoms with Crippen molar-refractivity contribution in [3.05, 3.63) is 24.3 Å². The average molecular weight is 375 g/mol. The Labute approximate surface area is 160 Å². The van der Waals surface area contributed by atoms with Crippen LogP contribution >= 0.6 is 0 Å². The summed E-state index contributed by atoms with van der Waals surface area (Å²) in [6.45, 7) is 6.09. The molecule has 0 atom stereocenters. The lowest BCUT2D eigenvalue weighted by Crippen LogP contribution is -2.43. The summed E-state index contributed by atoms with van der Waals surface area (Å²) in [5, 5.41) is 0. The zero-order chi connectivity index (χ0) is 19.1. The molecule has 0 N–H and O–H groups in total. The standard InChI is InChI=1S/C21H29NO5/c1-21(15-26-16-21)14-25-12-4-2-3-5-13-27-18-8-6-17(7-9-18)22-19(23)10-11-20(22)24/h6-9H,2-5,10-16H2,1H3. The lowest BCUT2D eigenvalue weighted by Gasteiger charge is -2.37. The molecule has 148 valence electrons. The van der Waals surface area contributed by atoms with Crippen molar-refractivity contribution in [2.24, 2.45) is 5.41 Å². The Morgan fingerprint density at radius 1 is 0.963 bits per heavy atom. The fraction of sp³-hybridized carbons (Fsp3) is 0.619. The van der Waals surface area contributed by atoms with Gasteiger partial charge in [-0.1, -0.05) is 13.3 Å². The number of imide groups is 1. The molecule has 0 spiro atoms. The number of amides is 2. The summed E-state index contributed by atoms with van der Waals surface area (Å²) in [4.78, 5) is 24.7. The first-order valence-electron chi connectivity index (χ1n) is 9.82. The van der Waals surface area contributed by atoms with Crippen molar-refractivity contribution in [3.63, 3.8) is 0 Å². The predicted octanol–water partition coefficient (Wildman–Crippen LogP) is 3.33. The Bertz CT molecular complexity index is 622. The minimum Gasteiger partial charge on any atom is -0.494 e. The fourth-order valence-corrected chi connectivity index (χ4v) is 3.26. The van der Waals surface area contributed by atoms with Gasteiger partial charge in [0.15, 0.2) is 0 Å². The lowest BCUT2D eigenvalue weighted by atomic mass is 9.90. The van der Waals surface area contributed by atoms with Gasteiger partial charge in [-0.15, -0.1) is 0 Å². The van der Waals surface area contributed by atoms with E-state index >= 15 is 0 Å². The zero-order valence-corrected chi connectivity index (χ0v) is 16.1. The Balaban J connectivity index is 1.24. The van der Waals surface area contributed by atoms with Gasteiger partial charge in [-0.05, 0) is 43.5 Å². The summed E-state index contributed by atoms with van der Waals surface area (Å²) in [7, 11) is 0. The van der Waals surface area contributed by atoms with Crippen LogP contribution in [0.3, 0.4) is 0 Å². The van der Waals surface area contributed by atoms with Crippen LogP contribution in [-0.4, -0.2) is 44.8 Å². The number of unbranched alkanes of at least 4 members (excludes halogenated alkanes) is 3. The minimum absolute atomic E-state index is 0.132. The number of carbonyl (C=O) groups excluding carboxylic acids is 2. The zero-order valence-electron chi connectivity index (χ0n) is 16.1. The van der Waals surface area contributed by atoms with Crippen LogP contribution in [0.25, 0.3) is 0 Å². The molecule has 6 heteroatoms. The summed E-state index contributed by atoms with van der Waals surface area (Å²) >= 11 is 0. The maximum Gasteiger partial charge on any atom is 0.234 e. The molecule has 0 aliphatic carbocycles. The monoisotopic (exact) mass is 375 g/mol. The number of hydrogen-bond donors (Lipinski definition) is 0. The highest BCUT2D eigenvalue weighted by atomic mass is 16.5. The Morgan fingerprint density at radius 3 is 2.19 bits per heavy atom. The van der Waals surface area contributed by atoms with E-state index in [0.29, 0.717) is 25.1 Å². The Morgan fingerprint density at radius 2 is 1.59 bits per heavy atom. The van der Waals surface area contributed by atoms with E-state index in [9.17, 15) is 9.59 Å². The van der Waals surface area contributed by atoms with Gasteiger partial charge >= 0.3 is 0 Å². The molecule has 0 aromatic heterocycles.